The van der Waals surface area contributed by atoms with Crippen molar-refractivity contribution in [1.82, 2.24) is 14.8 Å². The number of para-hydroxylation sites is 1. The molecule has 3 nitrogen and oxygen atoms in total. The third kappa shape index (κ3) is 2.04. The number of piperazine rings is 1. The van der Waals surface area contributed by atoms with Gasteiger partial charge in [-0.3, -0.25) is 4.90 Å². The lowest BCUT2D eigenvalue weighted by molar-refractivity contribution is 0.229. The monoisotopic (exact) mass is 243 g/mol. The first-order valence-electron chi connectivity index (χ1n) is 6.73. The first-order valence-corrected chi connectivity index (χ1v) is 6.73. The van der Waals surface area contributed by atoms with Crippen LogP contribution < -0.4 is 5.32 Å². The van der Waals surface area contributed by atoms with Gasteiger partial charge in [0.2, 0.25) is 0 Å². The zero-order valence-corrected chi connectivity index (χ0v) is 11.2. The van der Waals surface area contributed by atoms with Crippen molar-refractivity contribution in [1.29, 1.82) is 0 Å². The number of nitrogens with zero attached hydrogens (tertiary/aromatic N) is 2. The second-order valence-electron chi connectivity index (χ2n) is 5.23. The summed E-state index contributed by atoms with van der Waals surface area (Å²) in [6.07, 6.45) is 0. The van der Waals surface area contributed by atoms with Crippen LogP contribution in [-0.4, -0.2) is 35.6 Å². The Kier molecular flexibility index (Phi) is 3.10. The smallest absolute Gasteiger partial charge is 0.0510 e. The highest BCUT2D eigenvalue weighted by atomic mass is 15.2. The van der Waals surface area contributed by atoms with Gasteiger partial charge in [-0.1, -0.05) is 18.2 Å². The van der Waals surface area contributed by atoms with E-state index in [0.29, 0.717) is 0 Å². The fourth-order valence-corrected chi connectivity index (χ4v) is 2.93. The maximum absolute atomic E-state index is 3.40. The summed E-state index contributed by atoms with van der Waals surface area (Å²) in [6.45, 7) is 7.79. The Balaban J connectivity index is 1.92. The number of aryl methyl sites for hydroxylation is 2. The Morgan fingerprint density at radius 1 is 1.22 bits per heavy atom. The molecule has 1 N–H and O–H groups in total. The molecule has 3 heteroatoms. The third-order valence-electron chi connectivity index (χ3n) is 3.95. The van der Waals surface area contributed by atoms with E-state index in [1.807, 2.05) is 0 Å². The molecule has 0 aliphatic carbocycles. The molecule has 1 aromatic heterocycles. The van der Waals surface area contributed by atoms with Gasteiger partial charge in [-0.05, 0) is 18.6 Å². The zero-order chi connectivity index (χ0) is 12.5. The van der Waals surface area contributed by atoms with Crippen LogP contribution in [0.15, 0.2) is 24.3 Å². The highest BCUT2D eigenvalue weighted by molar-refractivity contribution is 5.84. The fourth-order valence-electron chi connectivity index (χ4n) is 2.93. The van der Waals surface area contributed by atoms with Crippen LogP contribution >= 0.6 is 0 Å². The average molecular weight is 243 g/mol. The van der Waals surface area contributed by atoms with Gasteiger partial charge in [0.1, 0.15) is 0 Å². The Hall–Kier alpha value is -1.32. The Morgan fingerprint density at radius 3 is 2.72 bits per heavy atom. The largest absolute Gasteiger partial charge is 0.346 e. The first-order chi connectivity index (χ1) is 8.75. The van der Waals surface area contributed by atoms with Crippen molar-refractivity contribution >= 4 is 10.9 Å². The van der Waals surface area contributed by atoms with Crippen molar-refractivity contribution in [2.45, 2.75) is 13.5 Å². The van der Waals surface area contributed by atoms with Crippen molar-refractivity contribution in [2.75, 3.05) is 26.2 Å². The Bertz CT molecular complexity index is 550. The number of aromatic nitrogens is 1. The van der Waals surface area contributed by atoms with Gasteiger partial charge in [-0.2, -0.15) is 0 Å². The lowest BCUT2D eigenvalue weighted by Gasteiger charge is -2.27. The zero-order valence-electron chi connectivity index (χ0n) is 11.2. The van der Waals surface area contributed by atoms with Crippen LogP contribution in [0, 0.1) is 6.92 Å². The van der Waals surface area contributed by atoms with E-state index in [9.17, 15) is 0 Å². The van der Waals surface area contributed by atoms with E-state index in [0.717, 1.165) is 32.7 Å². The predicted molar refractivity (Wildman–Crippen MR) is 75.8 cm³/mol. The lowest BCUT2D eigenvalue weighted by atomic mass is 10.2. The standard InChI is InChI=1S/C15H21N3/c1-12-4-3-5-13-10-14(17(2)15(12)13)11-18-8-6-16-7-9-18/h3-5,10,16H,6-9,11H2,1-2H3. The van der Waals surface area contributed by atoms with Crippen molar-refractivity contribution in [3.05, 3.63) is 35.5 Å². The molecule has 2 aromatic rings. The molecule has 0 radical (unpaired) electrons. The molecule has 0 bridgehead atoms. The predicted octanol–water partition coefficient (Wildman–Crippen LogP) is 1.89. The van der Waals surface area contributed by atoms with Crippen molar-refractivity contribution in [3.63, 3.8) is 0 Å². The number of hydrogen-bond donors (Lipinski definition) is 1. The topological polar surface area (TPSA) is 20.2 Å². The molecule has 1 aliphatic rings. The van der Waals surface area contributed by atoms with Crippen molar-refractivity contribution in [2.24, 2.45) is 7.05 Å². The molecule has 0 amide bonds. The Morgan fingerprint density at radius 2 is 2.00 bits per heavy atom. The van der Waals surface area contributed by atoms with Crippen LogP contribution in [0.25, 0.3) is 10.9 Å². The molecular weight excluding hydrogens is 222 g/mol. The SMILES string of the molecule is Cc1cccc2cc(CN3CCNCC3)n(C)c12. The average Bonchev–Trinajstić information content (AvgIpc) is 2.69. The Labute approximate surface area is 108 Å². The molecule has 1 aromatic carbocycles. The van der Waals surface area contributed by atoms with Crippen LogP contribution in [0.2, 0.25) is 0 Å². The summed E-state index contributed by atoms with van der Waals surface area (Å²) in [4.78, 5) is 2.53. The van der Waals surface area contributed by atoms with Gasteiger partial charge in [0.15, 0.2) is 0 Å². The van der Waals surface area contributed by atoms with Gasteiger partial charge < -0.3 is 9.88 Å². The summed E-state index contributed by atoms with van der Waals surface area (Å²) in [5, 5.41) is 4.77. The summed E-state index contributed by atoms with van der Waals surface area (Å²) < 4.78 is 2.35. The molecule has 0 unspecified atom stereocenters. The second-order valence-corrected chi connectivity index (χ2v) is 5.23. The van der Waals surface area contributed by atoms with Crippen molar-refractivity contribution in [3.8, 4) is 0 Å². The highest BCUT2D eigenvalue weighted by Crippen LogP contribution is 2.22. The summed E-state index contributed by atoms with van der Waals surface area (Å²) in [5.74, 6) is 0. The summed E-state index contributed by atoms with van der Waals surface area (Å²) >= 11 is 0. The van der Waals surface area contributed by atoms with Gasteiger partial charge in [0, 0.05) is 50.9 Å². The minimum Gasteiger partial charge on any atom is -0.346 e. The normalized spacial score (nSPS) is 17.4. The molecule has 1 aliphatic heterocycles. The number of nitrogens with one attached hydrogen (secondary N) is 1. The fraction of sp³-hybridized carbons (Fsp3) is 0.467. The van der Waals surface area contributed by atoms with Crippen LogP contribution in [-0.2, 0) is 13.6 Å². The van der Waals surface area contributed by atoms with E-state index in [-0.39, 0.29) is 0 Å². The van der Waals surface area contributed by atoms with E-state index in [2.05, 4.69) is 53.0 Å². The highest BCUT2D eigenvalue weighted by Gasteiger charge is 2.13. The molecule has 18 heavy (non-hydrogen) atoms. The lowest BCUT2D eigenvalue weighted by Crippen LogP contribution is -2.43. The summed E-state index contributed by atoms with van der Waals surface area (Å²) in [7, 11) is 2.19. The maximum atomic E-state index is 3.40. The first kappa shape index (κ1) is 11.8. The quantitative estimate of drug-likeness (QED) is 0.869. The van der Waals surface area contributed by atoms with Crippen LogP contribution in [0.3, 0.4) is 0 Å². The van der Waals surface area contributed by atoms with Crippen LogP contribution in [0.4, 0.5) is 0 Å². The number of hydrogen-bond acceptors (Lipinski definition) is 2. The molecule has 0 atom stereocenters. The van der Waals surface area contributed by atoms with Gasteiger partial charge >= 0.3 is 0 Å². The molecule has 3 rings (SSSR count). The minimum atomic E-state index is 1.06. The number of fused-ring (bicyclic) bond motifs is 1. The molecular formula is C15H21N3. The van der Waals surface area contributed by atoms with Crippen molar-refractivity contribution < 1.29 is 0 Å². The van der Waals surface area contributed by atoms with Gasteiger partial charge in [0.05, 0.1) is 5.52 Å². The van der Waals surface area contributed by atoms with E-state index in [1.54, 1.807) is 0 Å². The number of rotatable bonds is 2. The van der Waals surface area contributed by atoms with E-state index in [4.69, 9.17) is 0 Å². The molecule has 1 saturated heterocycles. The van der Waals surface area contributed by atoms with Gasteiger partial charge in [-0.15, -0.1) is 0 Å². The van der Waals surface area contributed by atoms with E-state index in [1.165, 1.54) is 22.2 Å². The summed E-state index contributed by atoms with van der Waals surface area (Å²) in [6, 6.07) is 8.89. The molecule has 0 saturated carbocycles. The minimum absolute atomic E-state index is 1.06. The van der Waals surface area contributed by atoms with E-state index < -0.39 is 0 Å². The van der Waals surface area contributed by atoms with Gasteiger partial charge in [-0.25, -0.2) is 0 Å². The van der Waals surface area contributed by atoms with Gasteiger partial charge in [0.25, 0.3) is 0 Å². The number of benzene rings is 1. The maximum Gasteiger partial charge on any atom is 0.0510 e. The molecule has 1 fully saturated rings. The molecule has 0 spiro atoms. The van der Waals surface area contributed by atoms with E-state index >= 15 is 0 Å². The second kappa shape index (κ2) is 4.75. The summed E-state index contributed by atoms with van der Waals surface area (Å²) in [5.41, 5.74) is 4.16. The molecule has 96 valence electrons. The molecule has 2 heterocycles. The van der Waals surface area contributed by atoms with Crippen LogP contribution in [0.1, 0.15) is 11.3 Å². The van der Waals surface area contributed by atoms with Crippen LogP contribution in [0.5, 0.6) is 0 Å². The third-order valence-corrected chi connectivity index (χ3v) is 3.95.